The zero-order valence-corrected chi connectivity index (χ0v) is 18.3. The fourth-order valence-corrected chi connectivity index (χ4v) is 6.07. The molecule has 1 saturated carbocycles. The van der Waals surface area contributed by atoms with Gasteiger partial charge in [0.05, 0.1) is 0 Å². The van der Waals surface area contributed by atoms with Gasteiger partial charge in [0.25, 0.3) is 5.91 Å². The zero-order valence-electron chi connectivity index (χ0n) is 17.5. The van der Waals surface area contributed by atoms with Crippen LogP contribution >= 0.6 is 11.8 Å². The minimum atomic E-state index is -0.797. The molecule has 2 heterocycles. The van der Waals surface area contributed by atoms with Crippen LogP contribution in [0.4, 0.5) is 0 Å². The Labute approximate surface area is 185 Å². The number of rotatable bonds is 5. The highest BCUT2D eigenvalue weighted by atomic mass is 32.2. The molecule has 2 aromatic carbocycles. The first-order valence-corrected chi connectivity index (χ1v) is 11.5. The zero-order chi connectivity index (χ0) is 21.8. The molecule has 3 atom stereocenters. The molecule has 2 N–H and O–H groups in total. The third-order valence-corrected chi connectivity index (χ3v) is 7.69. The number of amides is 3. The highest BCUT2D eigenvalue weighted by molar-refractivity contribution is 8.01. The van der Waals surface area contributed by atoms with Crippen molar-refractivity contribution in [2.75, 3.05) is 0 Å². The van der Waals surface area contributed by atoms with Gasteiger partial charge in [-0.2, -0.15) is 0 Å². The van der Waals surface area contributed by atoms with E-state index in [0.29, 0.717) is 5.56 Å². The lowest BCUT2D eigenvalue weighted by atomic mass is 9.99. The predicted octanol–water partition coefficient (Wildman–Crippen LogP) is 3.17. The third-order valence-electron chi connectivity index (χ3n) is 6.15. The highest BCUT2D eigenvalue weighted by Gasteiger charge is 2.57. The van der Waals surface area contributed by atoms with E-state index in [9.17, 15) is 14.4 Å². The van der Waals surface area contributed by atoms with Crippen molar-refractivity contribution in [2.24, 2.45) is 0 Å². The molecular weight excluding hydrogens is 410 g/mol. The van der Waals surface area contributed by atoms with Gasteiger partial charge in [-0.25, -0.2) is 0 Å². The van der Waals surface area contributed by atoms with Gasteiger partial charge in [-0.1, -0.05) is 48.5 Å². The quantitative estimate of drug-likeness (QED) is 0.756. The van der Waals surface area contributed by atoms with Gasteiger partial charge in [0, 0.05) is 16.4 Å². The number of hydrogen-bond acceptors (Lipinski definition) is 4. The van der Waals surface area contributed by atoms with Crippen LogP contribution in [0, 0.1) is 0 Å². The van der Waals surface area contributed by atoms with Gasteiger partial charge in [-0.15, -0.1) is 11.8 Å². The third kappa shape index (κ3) is 3.51. The number of benzene rings is 2. The largest absolute Gasteiger partial charge is 0.351 e. The summed E-state index contributed by atoms with van der Waals surface area (Å²) < 4.78 is -0.494. The summed E-state index contributed by atoms with van der Waals surface area (Å²) in [5.74, 6) is -0.642. The minimum Gasteiger partial charge on any atom is -0.351 e. The fourth-order valence-electron chi connectivity index (χ4n) is 4.48. The van der Waals surface area contributed by atoms with E-state index < -0.39 is 16.8 Å². The lowest BCUT2D eigenvalue weighted by molar-refractivity contribution is -0.132. The smallest absolute Gasteiger partial charge is 0.256 e. The number of carbonyl (C=O) groups excluding carboxylic acids is 3. The average Bonchev–Trinajstić information content (AvgIpc) is 3.47. The lowest BCUT2D eigenvalue weighted by Crippen LogP contribution is -2.54. The van der Waals surface area contributed by atoms with Gasteiger partial charge in [-0.05, 0) is 43.9 Å². The Bertz CT molecular complexity index is 1050. The first-order valence-electron chi connectivity index (χ1n) is 10.6. The molecule has 160 valence electrons. The number of thioether (sulfide) groups is 1. The van der Waals surface area contributed by atoms with E-state index >= 15 is 0 Å². The van der Waals surface area contributed by atoms with Gasteiger partial charge in [-0.3, -0.25) is 14.4 Å². The minimum absolute atomic E-state index is 0.127. The summed E-state index contributed by atoms with van der Waals surface area (Å²) in [5.41, 5.74) is 2.33. The van der Waals surface area contributed by atoms with Crippen molar-refractivity contribution < 1.29 is 14.4 Å². The van der Waals surface area contributed by atoms with E-state index in [-0.39, 0.29) is 29.1 Å². The summed E-state index contributed by atoms with van der Waals surface area (Å²) in [4.78, 5) is 41.4. The molecule has 0 radical (unpaired) electrons. The molecule has 2 aliphatic heterocycles. The number of fused-ring (bicyclic) bond motifs is 3. The van der Waals surface area contributed by atoms with Crippen molar-refractivity contribution in [1.82, 2.24) is 15.5 Å². The van der Waals surface area contributed by atoms with E-state index in [1.807, 2.05) is 68.4 Å². The number of hydrogen-bond donors (Lipinski definition) is 2. The van der Waals surface area contributed by atoms with E-state index in [4.69, 9.17) is 0 Å². The summed E-state index contributed by atoms with van der Waals surface area (Å²) in [6, 6.07) is 15.5. The Kier molecular flexibility index (Phi) is 4.81. The van der Waals surface area contributed by atoms with Crippen molar-refractivity contribution >= 4 is 29.5 Å². The summed E-state index contributed by atoms with van der Waals surface area (Å²) in [6.45, 7) is 3.97. The molecule has 6 nitrogen and oxygen atoms in total. The predicted molar refractivity (Wildman–Crippen MR) is 119 cm³/mol. The van der Waals surface area contributed by atoms with Crippen LogP contribution in [0.15, 0.2) is 54.6 Å². The molecule has 2 fully saturated rings. The summed E-state index contributed by atoms with van der Waals surface area (Å²) in [5, 5.41) is 5.77. The Morgan fingerprint density at radius 3 is 2.45 bits per heavy atom. The topological polar surface area (TPSA) is 78.5 Å². The van der Waals surface area contributed by atoms with Crippen LogP contribution in [0.1, 0.15) is 59.6 Å². The monoisotopic (exact) mass is 435 g/mol. The molecule has 0 bridgehead atoms. The van der Waals surface area contributed by atoms with Crippen LogP contribution in [-0.4, -0.2) is 39.5 Å². The summed E-state index contributed by atoms with van der Waals surface area (Å²) in [7, 11) is 0. The second-order valence-electron chi connectivity index (χ2n) is 8.91. The maximum atomic E-state index is 13.6. The van der Waals surface area contributed by atoms with E-state index in [2.05, 4.69) is 10.6 Å². The Morgan fingerprint density at radius 1 is 1.06 bits per heavy atom. The molecule has 5 rings (SSSR count). The molecule has 0 aromatic heterocycles. The Balaban J connectivity index is 1.44. The number of nitrogens with zero attached hydrogens (tertiary/aromatic N) is 1. The first-order chi connectivity index (χ1) is 14.9. The average molecular weight is 436 g/mol. The number of nitrogens with one attached hydrogen (secondary N) is 2. The fraction of sp³-hybridized carbons (Fsp3) is 0.375. The second-order valence-corrected chi connectivity index (χ2v) is 10.6. The van der Waals surface area contributed by atoms with Gasteiger partial charge >= 0.3 is 0 Å². The SMILES string of the molecule is CC1(C)S[C@@H]2c3ccccc3C(=O)N2[C@H]1C(=O)N[C@H](C(=O)NC1CC1)c1ccccc1. The van der Waals surface area contributed by atoms with E-state index in [1.54, 1.807) is 16.7 Å². The second kappa shape index (κ2) is 7.41. The van der Waals surface area contributed by atoms with Gasteiger partial charge < -0.3 is 15.5 Å². The summed E-state index contributed by atoms with van der Waals surface area (Å²) >= 11 is 1.62. The lowest BCUT2D eigenvalue weighted by Gasteiger charge is -2.31. The molecule has 1 saturated heterocycles. The van der Waals surface area contributed by atoms with Crippen LogP contribution in [-0.2, 0) is 9.59 Å². The molecule has 3 aliphatic rings. The summed E-state index contributed by atoms with van der Waals surface area (Å²) in [6.07, 6.45) is 1.94. The van der Waals surface area contributed by atoms with Crippen molar-refractivity contribution in [3.63, 3.8) is 0 Å². The van der Waals surface area contributed by atoms with Crippen LogP contribution in [0.5, 0.6) is 0 Å². The number of carbonyl (C=O) groups is 3. The molecule has 0 unspecified atom stereocenters. The normalized spacial score (nSPS) is 24.3. The van der Waals surface area contributed by atoms with Gasteiger partial charge in [0.2, 0.25) is 11.8 Å². The van der Waals surface area contributed by atoms with Crippen molar-refractivity contribution in [2.45, 2.75) is 54.9 Å². The molecule has 0 spiro atoms. The molecule has 3 amide bonds. The van der Waals surface area contributed by atoms with E-state index in [1.165, 1.54) is 0 Å². The van der Waals surface area contributed by atoms with Crippen LogP contribution < -0.4 is 10.6 Å². The van der Waals surface area contributed by atoms with Gasteiger partial charge in [0.1, 0.15) is 17.5 Å². The molecule has 2 aromatic rings. The Morgan fingerprint density at radius 2 is 1.74 bits per heavy atom. The molecule has 7 heteroatoms. The van der Waals surface area contributed by atoms with Crippen molar-refractivity contribution in [3.05, 3.63) is 71.3 Å². The standard InChI is InChI=1S/C24H25N3O3S/c1-24(2)19(27-22(30)16-10-6-7-11-17(16)23(27)31-24)21(29)26-18(14-8-4-3-5-9-14)20(28)25-15-12-13-15/h3-11,15,18-19,23H,12-13H2,1-2H3,(H,25,28)(H,26,29)/t18-,19-,23+/m0/s1. The molecule has 31 heavy (non-hydrogen) atoms. The highest BCUT2D eigenvalue weighted by Crippen LogP contribution is 2.56. The van der Waals surface area contributed by atoms with Crippen LogP contribution in [0.25, 0.3) is 0 Å². The molecular formula is C24H25N3O3S. The van der Waals surface area contributed by atoms with Crippen LogP contribution in [0.2, 0.25) is 0 Å². The van der Waals surface area contributed by atoms with Gasteiger partial charge in [0.15, 0.2) is 0 Å². The Hall–Kier alpha value is -2.80. The van der Waals surface area contributed by atoms with Crippen molar-refractivity contribution in [3.8, 4) is 0 Å². The van der Waals surface area contributed by atoms with Crippen LogP contribution in [0.3, 0.4) is 0 Å². The maximum absolute atomic E-state index is 13.6. The molecule has 1 aliphatic carbocycles. The first kappa shape index (κ1) is 20.1. The van der Waals surface area contributed by atoms with E-state index in [0.717, 1.165) is 24.0 Å². The maximum Gasteiger partial charge on any atom is 0.256 e. The van der Waals surface area contributed by atoms with Crippen molar-refractivity contribution in [1.29, 1.82) is 0 Å².